The van der Waals surface area contributed by atoms with Gasteiger partial charge >= 0.3 is 12.2 Å². The molecular formula is C24H20F3N3O3S. The minimum absolute atomic E-state index is 0.0549. The van der Waals surface area contributed by atoms with Crippen molar-refractivity contribution >= 4 is 45.0 Å². The van der Waals surface area contributed by atoms with Crippen molar-refractivity contribution in [2.75, 3.05) is 0 Å². The Morgan fingerprint density at radius 3 is 2.53 bits per heavy atom. The molecule has 1 aliphatic rings. The number of carbonyl (C=O) groups is 2. The van der Waals surface area contributed by atoms with Crippen LogP contribution in [0.5, 0.6) is 0 Å². The van der Waals surface area contributed by atoms with Crippen LogP contribution in [0.2, 0.25) is 0 Å². The number of nitrogens with zero attached hydrogens (tertiary/aromatic N) is 1. The molecule has 176 valence electrons. The number of nitrogens with one attached hydrogen (secondary N) is 2. The summed E-state index contributed by atoms with van der Waals surface area (Å²) in [6.07, 6.45) is -5.29. The Bertz CT molecular complexity index is 1410. The van der Waals surface area contributed by atoms with E-state index < -0.39 is 35.7 Å². The molecule has 3 atom stereocenters. The molecule has 1 fully saturated rings. The highest BCUT2D eigenvalue weighted by atomic mass is 32.1. The number of para-hydroxylation sites is 1. The number of carbonyl (C=O) groups excluding carboxylic acids is 2. The molecule has 3 heterocycles. The molecule has 0 radical (unpaired) electrons. The third kappa shape index (κ3) is 3.28. The fourth-order valence-electron chi connectivity index (χ4n) is 4.79. The topological polar surface area (TPSA) is 83.4 Å². The maximum absolute atomic E-state index is 14.1. The number of thiophene rings is 1. The maximum atomic E-state index is 14.1. The monoisotopic (exact) mass is 487 g/mol. The highest BCUT2D eigenvalue weighted by molar-refractivity contribution is 7.12. The van der Waals surface area contributed by atoms with Crippen LogP contribution >= 0.6 is 11.3 Å². The van der Waals surface area contributed by atoms with Crippen LogP contribution in [0.4, 0.5) is 18.0 Å². The van der Waals surface area contributed by atoms with Crippen LogP contribution in [-0.4, -0.2) is 33.4 Å². The van der Waals surface area contributed by atoms with E-state index in [0.29, 0.717) is 12.1 Å². The molecule has 1 aliphatic heterocycles. The summed E-state index contributed by atoms with van der Waals surface area (Å²) in [5.74, 6) is -2.95. The number of aryl methyl sites for hydroxylation is 1. The molecule has 2 aromatic heterocycles. The lowest BCUT2D eigenvalue weighted by Gasteiger charge is -2.44. The van der Waals surface area contributed by atoms with E-state index in [0.717, 1.165) is 33.1 Å². The van der Waals surface area contributed by atoms with E-state index in [1.54, 1.807) is 35.0 Å². The molecule has 34 heavy (non-hydrogen) atoms. The number of rotatable bonds is 4. The molecule has 0 bridgehead atoms. The molecule has 0 spiro atoms. The van der Waals surface area contributed by atoms with E-state index in [9.17, 15) is 27.9 Å². The first-order valence-electron chi connectivity index (χ1n) is 10.6. The van der Waals surface area contributed by atoms with Crippen LogP contribution in [0.25, 0.3) is 21.8 Å². The van der Waals surface area contributed by atoms with Gasteiger partial charge in [-0.2, -0.15) is 13.2 Å². The molecule has 5 rings (SSSR count). The molecule has 3 N–H and O–H groups in total. The minimum atomic E-state index is -5.29. The number of fused-ring (bicyclic) bond motifs is 3. The first kappa shape index (κ1) is 22.4. The van der Waals surface area contributed by atoms with Crippen molar-refractivity contribution in [3.63, 3.8) is 0 Å². The lowest BCUT2D eigenvalue weighted by atomic mass is 9.78. The number of ketones is 1. The number of hydrogen-bond acceptors (Lipinski definition) is 4. The van der Waals surface area contributed by atoms with Crippen LogP contribution in [0.1, 0.15) is 28.2 Å². The van der Waals surface area contributed by atoms with Crippen LogP contribution < -0.4 is 10.6 Å². The van der Waals surface area contributed by atoms with Gasteiger partial charge in [0.15, 0.2) is 5.78 Å². The Morgan fingerprint density at radius 1 is 1.12 bits per heavy atom. The lowest BCUT2D eigenvalue weighted by Crippen LogP contribution is -2.72. The van der Waals surface area contributed by atoms with Gasteiger partial charge in [-0.1, -0.05) is 30.3 Å². The van der Waals surface area contributed by atoms with Gasteiger partial charge in [0.1, 0.15) is 5.92 Å². The summed E-state index contributed by atoms with van der Waals surface area (Å²) in [5, 5.41) is 18.0. The fourth-order valence-corrected chi connectivity index (χ4v) is 5.50. The van der Waals surface area contributed by atoms with E-state index >= 15 is 0 Å². The second kappa shape index (κ2) is 7.85. The third-order valence-electron chi connectivity index (χ3n) is 6.32. The first-order chi connectivity index (χ1) is 16.2. The molecule has 2 amide bonds. The standard InChI is InChI=1S/C24H20F3N3O3S/c1-2-30-16-7-4-3-6-14(16)15-12-13(9-10-17(15)30)20-19(21(31)18-8-5-11-34-18)23(33,24(25,26)27)29-22(32)28-20/h3-12,19-20,33H,2H2,1H3,(H2,28,29,32)/t19-,20-,23-/m1/s1. The van der Waals surface area contributed by atoms with Crippen molar-refractivity contribution in [3.05, 3.63) is 70.4 Å². The molecule has 0 aliphatic carbocycles. The third-order valence-corrected chi connectivity index (χ3v) is 7.21. The minimum Gasteiger partial charge on any atom is -0.363 e. The van der Waals surface area contributed by atoms with Gasteiger partial charge in [0.2, 0.25) is 5.72 Å². The molecule has 4 aromatic rings. The molecular weight excluding hydrogens is 467 g/mol. The molecule has 6 nitrogen and oxygen atoms in total. The van der Waals surface area contributed by atoms with Gasteiger partial charge in [-0.25, -0.2) is 4.79 Å². The Labute approximate surface area is 196 Å². The summed E-state index contributed by atoms with van der Waals surface area (Å²) in [6.45, 7) is 2.67. The molecule has 0 unspecified atom stereocenters. The SMILES string of the molecule is CCn1c2ccccc2c2cc([C@H]3NC(=O)N[C@](O)(C(F)(F)F)[C@H]3C(=O)c3cccs3)ccc21. The molecule has 1 saturated heterocycles. The predicted molar refractivity (Wildman–Crippen MR) is 123 cm³/mol. The van der Waals surface area contributed by atoms with Crippen molar-refractivity contribution in [3.8, 4) is 0 Å². The summed E-state index contributed by atoms with van der Waals surface area (Å²) in [5.41, 5.74) is -1.61. The smallest absolute Gasteiger partial charge is 0.363 e. The average molecular weight is 488 g/mol. The number of amides is 2. The summed E-state index contributed by atoms with van der Waals surface area (Å²) in [6, 6.07) is 13.0. The second-order valence-electron chi connectivity index (χ2n) is 8.20. The molecule has 0 saturated carbocycles. The summed E-state index contributed by atoms with van der Waals surface area (Å²) >= 11 is 0.973. The zero-order valence-corrected chi connectivity index (χ0v) is 18.7. The van der Waals surface area contributed by atoms with Gasteiger partial charge in [-0.3, -0.25) is 4.79 Å². The number of hydrogen-bond donors (Lipinski definition) is 3. The fraction of sp³-hybridized carbons (Fsp3) is 0.250. The van der Waals surface area contributed by atoms with Crippen molar-refractivity contribution in [1.82, 2.24) is 15.2 Å². The number of Topliss-reactive ketones (excluding diaryl/α,β-unsaturated/α-hetero) is 1. The number of urea groups is 1. The van der Waals surface area contributed by atoms with Crippen molar-refractivity contribution in [1.29, 1.82) is 0 Å². The summed E-state index contributed by atoms with van der Waals surface area (Å²) < 4.78 is 44.4. The van der Waals surface area contributed by atoms with Gasteiger partial charge in [0.25, 0.3) is 0 Å². The van der Waals surface area contributed by atoms with E-state index in [1.165, 1.54) is 6.07 Å². The van der Waals surface area contributed by atoms with E-state index in [4.69, 9.17) is 0 Å². The molecule has 2 aromatic carbocycles. The van der Waals surface area contributed by atoms with Crippen molar-refractivity contribution < 1.29 is 27.9 Å². The van der Waals surface area contributed by atoms with Crippen LogP contribution in [0.15, 0.2) is 60.0 Å². The zero-order chi connectivity index (χ0) is 24.3. The zero-order valence-electron chi connectivity index (χ0n) is 17.9. The average Bonchev–Trinajstić information content (AvgIpc) is 3.43. The number of aliphatic hydroxyl groups is 1. The maximum Gasteiger partial charge on any atom is 0.437 e. The predicted octanol–water partition coefficient (Wildman–Crippen LogP) is 4.98. The first-order valence-corrected chi connectivity index (χ1v) is 11.5. The summed E-state index contributed by atoms with van der Waals surface area (Å²) in [7, 11) is 0. The van der Waals surface area contributed by atoms with Crippen LogP contribution in [0.3, 0.4) is 0 Å². The van der Waals surface area contributed by atoms with Crippen molar-refractivity contribution in [2.24, 2.45) is 5.92 Å². The summed E-state index contributed by atoms with van der Waals surface area (Å²) in [4.78, 5) is 25.6. The normalized spacial score (nSPS) is 23.1. The van der Waals surface area contributed by atoms with Crippen LogP contribution in [0, 0.1) is 5.92 Å². The quantitative estimate of drug-likeness (QED) is 0.355. The van der Waals surface area contributed by atoms with Gasteiger partial charge < -0.3 is 20.3 Å². The lowest BCUT2D eigenvalue weighted by molar-refractivity contribution is -0.287. The highest BCUT2D eigenvalue weighted by Gasteiger charge is 2.66. The number of alkyl halides is 3. The van der Waals surface area contributed by atoms with Gasteiger partial charge in [-0.15, -0.1) is 11.3 Å². The number of benzene rings is 2. The number of halogens is 3. The Morgan fingerprint density at radius 2 is 1.85 bits per heavy atom. The van der Waals surface area contributed by atoms with Gasteiger partial charge in [-0.05, 0) is 42.1 Å². The van der Waals surface area contributed by atoms with Crippen molar-refractivity contribution in [2.45, 2.75) is 31.4 Å². The van der Waals surface area contributed by atoms with E-state index in [2.05, 4.69) is 9.88 Å². The Kier molecular flexibility index (Phi) is 5.18. The van der Waals surface area contributed by atoms with E-state index in [1.807, 2.05) is 31.2 Å². The van der Waals surface area contributed by atoms with Gasteiger partial charge in [0, 0.05) is 28.4 Å². The largest absolute Gasteiger partial charge is 0.437 e. The number of aromatic nitrogens is 1. The highest BCUT2D eigenvalue weighted by Crippen LogP contribution is 2.45. The molecule has 10 heteroatoms. The van der Waals surface area contributed by atoms with Crippen LogP contribution in [-0.2, 0) is 6.54 Å². The van der Waals surface area contributed by atoms with Gasteiger partial charge in [0.05, 0.1) is 10.9 Å². The second-order valence-corrected chi connectivity index (χ2v) is 9.15. The Balaban J connectivity index is 1.72. The van der Waals surface area contributed by atoms with E-state index in [-0.39, 0.29) is 4.88 Å². The Hall–Kier alpha value is -3.37.